The number of furan rings is 1. The fraction of sp³-hybridized carbons (Fsp3) is 0.278. The van der Waals surface area contributed by atoms with Crippen LogP contribution in [-0.4, -0.2) is 34.1 Å². The second kappa shape index (κ2) is 6.84. The lowest BCUT2D eigenvalue weighted by Gasteiger charge is -2.30. The zero-order chi connectivity index (χ0) is 17.2. The Hall–Kier alpha value is -2.41. The van der Waals surface area contributed by atoms with Gasteiger partial charge in [-0.05, 0) is 43.2 Å². The van der Waals surface area contributed by atoms with Crippen LogP contribution in [-0.2, 0) is 0 Å². The molecule has 0 atom stereocenters. The fourth-order valence-electron chi connectivity index (χ4n) is 3.01. The normalized spacial score (nSPS) is 15.5. The summed E-state index contributed by atoms with van der Waals surface area (Å²) in [5.74, 6) is 1.35. The Morgan fingerprint density at radius 2 is 1.88 bits per heavy atom. The van der Waals surface area contributed by atoms with Crippen molar-refractivity contribution in [2.24, 2.45) is 0 Å². The molecular weight excluding hydrogens is 386 g/mol. The highest BCUT2D eigenvalue weighted by molar-refractivity contribution is 9.10. The number of nitrogens with zero attached hydrogens (tertiary/aromatic N) is 3. The zero-order valence-corrected chi connectivity index (χ0v) is 15.0. The van der Waals surface area contributed by atoms with Gasteiger partial charge in [0.1, 0.15) is 6.26 Å². The molecule has 0 radical (unpaired) electrons. The number of amides is 1. The van der Waals surface area contributed by atoms with E-state index in [1.165, 1.54) is 0 Å². The summed E-state index contributed by atoms with van der Waals surface area (Å²) in [5.41, 5.74) is 1.49. The smallest absolute Gasteiger partial charge is 0.253 e. The van der Waals surface area contributed by atoms with Crippen LogP contribution in [0.1, 0.15) is 35.0 Å². The minimum absolute atomic E-state index is 0.0653. The number of piperidine rings is 1. The number of halogens is 1. The van der Waals surface area contributed by atoms with Crippen LogP contribution in [0.3, 0.4) is 0 Å². The van der Waals surface area contributed by atoms with E-state index in [1.807, 2.05) is 29.2 Å². The molecule has 4 rings (SSSR count). The summed E-state index contributed by atoms with van der Waals surface area (Å²) in [7, 11) is 0. The Labute approximate surface area is 153 Å². The fourth-order valence-corrected chi connectivity index (χ4v) is 3.27. The van der Waals surface area contributed by atoms with Crippen molar-refractivity contribution in [2.45, 2.75) is 18.8 Å². The summed E-state index contributed by atoms with van der Waals surface area (Å²) in [6.07, 6.45) is 4.78. The molecule has 3 aromatic rings. The van der Waals surface area contributed by atoms with Crippen LogP contribution in [0.2, 0.25) is 0 Å². The standard InChI is InChI=1S/C18H16BrN3O3/c19-15-3-1-13(2-4-15)18(23)22-8-5-12(6-9-22)16-20-21-17(25-16)14-7-10-24-11-14/h1-4,7,10-12H,5-6,8-9H2. The van der Waals surface area contributed by atoms with E-state index in [-0.39, 0.29) is 11.8 Å². The topological polar surface area (TPSA) is 72.4 Å². The molecule has 1 aromatic carbocycles. The third kappa shape index (κ3) is 3.37. The van der Waals surface area contributed by atoms with Crippen LogP contribution in [0.4, 0.5) is 0 Å². The van der Waals surface area contributed by atoms with E-state index in [2.05, 4.69) is 26.1 Å². The lowest BCUT2D eigenvalue weighted by molar-refractivity contribution is 0.0706. The number of carbonyl (C=O) groups excluding carboxylic acids is 1. The molecule has 6 nitrogen and oxygen atoms in total. The van der Waals surface area contributed by atoms with E-state index in [0.717, 1.165) is 22.9 Å². The highest BCUT2D eigenvalue weighted by atomic mass is 79.9. The molecule has 0 unspecified atom stereocenters. The molecule has 0 saturated carbocycles. The Balaban J connectivity index is 1.40. The van der Waals surface area contributed by atoms with Gasteiger partial charge in [-0.2, -0.15) is 0 Å². The number of carbonyl (C=O) groups is 1. The van der Waals surface area contributed by atoms with Crippen molar-refractivity contribution < 1.29 is 13.6 Å². The predicted octanol–water partition coefficient (Wildman–Crippen LogP) is 4.11. The van der Waals surface area contributed by atoms with Crippen molar-refractivity contribution in [2.75, 3.05) is 13.1 Å². The van der Waals surface area contributed by atoms with E-state index >= 15 is 0 Å². The van der Waals surface area contributed by atoms with Gasteiger partial charge in [-0.3, -0.25) is 4.79 Å². The predicted molar refractivity (Wildman–Crippen MR) is 94.0 cm³/mol. The van der Waals surface area contributed by atoms with Gasteiger partial charge < -0.3 is 13.7 Å². The molecule has 3 heterocycles. The van der Waals surface area contributed by atoms with Crippen molar-refractivity contribution in [3.8, 4) is 11.5 Å². The Kier molecular flexibility index (Phi) is 4.40. The summed E-state index contributed by atoms with van der Waals surface area (Å²) in [5, 5.41) is 8.25. The van der Waals surface area contributed by atoms with E-state index in [9.17, 15) is 4.79 Å². The third-order valence-corrected chi connectivity index (χ3v) is 4.96. The number of hydrogen-bond acceptors (Lipinski definition) is 5. The lowest BCUT2D eigenvalue weighted by atomic mass is 9.96. The summed E-state index contributed by atoms with van der Waals surface area (Å²) >= 11 is 3.39. The van der Waals surface area contributed by atoms with Gasteiger partial charge >= 0.3 is 0 Å². The van der Waals surface area contributed by atoms with Crippen molar-refractivity contribution in [1.82, 2.24) is 15.1 Å². The maximum absolute atomic E-state index is 12.6. The molecule has 0 aliphatic carbocycles. The molecule has 1 saturated heterocycles. The van der Waals surface area contributed by atoms with Crippen LogP contribution in [0.15, 0.2) is 56.2 Å². The van der Waals surface area contributed by atoms with Gasteiger partial charge in [0, 0.05) is 29.0 Å². The first-order valence-electron chi connectivity index (χ1n) is 8.11. The molecule has 1 amide bonds. The molecule has 7 heteroatoms. The number of likely N-dealkylation sites (tertiary alicyclic amines) is 1. The number of rotatable bonds is 3. The molecular formula is C18H16BrN3O3. The van der Waals surface area contributed by atoms with Crippen molar-refractivity contribution in [1.29, 1.82) is 0 Å². The lowest BCUT2D eigenvalue weighted by Crippen LogP contribution is -2.38. The average Bonchev–Trinajstić information content (AvgIpc) is 3.33. The first kappa shape index (κ1) is 16.1. The number of aromatic nitrogens is 2. The summed E-state index contributed by atoms with van der Waals surface area (Å²) in [6.45, 7) is 1.37. The molecule has 1 aliphatic heterocycles. The third-order valence-electron chi connectivity index (χ3n) is 4.43. The van der Waals surface area contributed by atoms with Crippen molar-refractivity contribution in [3.05, 3.63) is 58.8 Å². The second-order valence-corrected chi connectivity index (χ2v) is 6.95. The van der Waals surface area contributed by atoms with Gasteiger partial charge in [0.15, 0.2) is 0 Å². The highest BCUT2D eigenvalue weighted by Gasteiger charge is 2.28. The molecule has 1 aliphatic rings. The van der Waals surface area contributed by atoms with Crippen LogP contribution in [0.25, 0.3) is 11.5 Å². The number of hydrogen-bond donors (Lipinski definition) is 0. The molecule has 128 valence electrons. The van der Waals surface area contributed by atoms with Crippen LogP contribution < -0.4 is 0 Å². The maximum atomic E-state index is 12.6. The Morgan fingerprint density at radius 3 is 2.56 bits per heavy atom. The summed E-state index contributed by atoms with van der Waals surface area (Å²) in [4.78, 5) is 14.4. The van der Waals surface area contributed by atoms with Gasteiger partial charge in [-0.25, -0.2) is 0 Å². The van der Waals surface area contributed by atoms with Crippen LogP contribution in [0, 0.1) is 0 Å². The molecule has 2 aromatic heterocycles. The average molecular weight is 402 g/mol. The van der Waals surface area contributed by atoms with Gasteiger partial charge in [0.05, 0.1) is 11.8 Å². The van der Waals surface area contributed by atoms with E-state index in [4.69, 9.17) is 8.83 Å². The summed E-state index contributed by atoms with van der Waals surface area (Å²) in [6, 6.07) is 9.24. The van der Waals surface area contributed by atoms with Gasteiger partial charge in [-0.15, -0.1) is 10.2 Å². The molecule has 1 fully saturated rings. The largest absolute Gasteiger partial charge is 0.472 e. The van der Waals surface area contributed by atoms with Crippen molar-refractivity contribution >= 4 is 21.8 Å². The van der Waals surface area contributed by atoms with E-state index < -0.39 is 0 Å². The minimum atomic E-state index is 0.0653. The Bertz CT molecular complexity index is 850. The van der Waals surface area contributed by atoms with Gasteiger partial charge in [-0.1, -0.05) is 15.9 Å². The summed E-state index contributed by atoms with van der Waals surface area (Å²) < 4.78 is 11.8. The number of benzene rings is 1. The molecule has 0 bridgehead atoms. The van der Waals surface area contributed by atoms with E-state index in [1.54, 1.807) is 18.6 Å². The van der Waals surface area contributed by atoms with Crippen LogP contribution in [0.5, 0.6) is 0 Å². The SMILES string of the molecule is O=C(c1ccc(Br)cc1)N1CCC(c2nnc(-c3ccoc3)o2)CC1. The Morgan fingerprint density at radius 1 is 1.12 bits per heavy atom. The quantitative estimate of drug-likeness (QED) is 0.659. The molecule has 0 spiro atoms. The van der Waals surface area contributed by atoms with Gasteiger partial charge in [0.2, 0.25) is 5.89 Å². The van der Waals surface area contributed by atoms with Crippen molar-refractivity contribution in [3.63, 3.8) is 0 Å². The first-order chi connectivity index (χ1) is 12.2. The highest BCUT2D eigenvalue weighted by Crippen LogP contribution is 2.30. The van der Waals surface area contributed by atoms with Gasteiger partial charge in [0.25, 0.3) is 11.8 Å². The van der Waals surface area contributed by atoms with E-state index in [0.29, 0.717) is 30.4 Å². The maximum Gasteiger partial charge on any atom is 0.253 e. The molecule has 25 heavy (non-hydrogen) atoms. The minimum Gasteiger partial charge on any atom is -0.472 e. The monoisotopic (exact) mass is 401 g/mol. The second-order valence-electron chi connectivity index (χ2n) is 6.03. The van der Waals surface area contributed by atoms with Crippen LogP contribution >= 0.6 is 15.9 Å². The first-order valence-corrected chi connectivity index (χ1v) is 8.91. The zero-order valence-electron chi connectivity index (χ0n) is 13.4. The molecule has 0 N–H and O–H groups in total.